The molecule has 0 saturated heterocycles. The molecule has 2 aromatic rings. The Bertz CT molecular complexity index is 661. The maximum absolute atomic E-state index is 12.5. The molecule has 0 amide bonds. The van der Waals surface area contributed by atoms with Crippen LogP contribution in [-0.4, -0.2) is 35.8 Å². The van der Waals surface area contributed by atoms with Crippen molar-refractivity contribution in [1.82, 2.24) is 10.2 Å². The van der Waals surface area contributed by atoms with Gasteiger partial charge in [0.2, 0.25) is 5.89 Å². The molecule has 1 aromatic heterocycles. The van der Waals surface area contributed by atoms with Crippen LogP contribution in [0.25, 0.3) is 0 Å². The lowest BCUT2D eigenvalue weighted by molar-refractivity contribution is -0.125. The molecule has 0 spiro atoms. The van der Waals surface area contributed by atoms with Gasteiger partial charge in [-0.3, -0.25) is 0 Å². The minimum absolute atomic E-state index is 0.106. The summed E-state index contributed by atoms with van der Waals surface area (Å²) in [6, 6.07) is 5.26. The van der Waals surface area contributed by atoms with Gasteiger partial charge in [-0.1, -0.05) is 17.8 Å². The van der Waals surface area contributed by atoms with Crippen LogP contribution in [0.15, 0.2) is 27.8 Å². The van der Waals surface area contributed by atoms with Crippen molar-refractivity contribution in [2.45, 2.75) is 30.0 Å². The molecule has 0 N–H and O–H groups in total. The van der Waals surface area contributed by atoms with Crippen LogP contribution in [0, 0.1) is 0 Å². The second-order valence-electron chi connectivity index (χ2n) is 4.63. The van der Waals surface area contributed by atoms with Gasteiger partial charge in [-0.25, -0.2) is 0 Å². The Hall–Kier alpha value is -1.90. The summed E-state index contributed by atoms with van der Waals surface area (Å²) >= 11 is 0.486. The van der Waals surface area contributed by atoms with E-state index in [-0.39, 0.29) is 17.5 Å². The van der Waals surface area contributed by atoms with Crippen molar-refractivity contribution < 1.29 is 27.1 Å². The number of nitrogens with zero attached hydrogens (tertiary/aromatic N) is 2. The molecule has 0 aliphatic carbocycles. The largest absolute Gasteiger partial charge is 0.493 e. The lowest BCUT2D eigenvalue weighted by Gasteiger charge is -2.11. The highest BCUT2D eigenvalue weighted by atomic mass is 32.2. The van der Waals surface area contributed by atoms with Gasteiger partial charge in [0.05, 0.1) is 20.6 Å². The third-order valence-electron chi connectivity index (χ3n) is 2.99. The van der Waals surface area contributed by atoms with E-state index in [1.807, 2.05) is 0 Å². The Morgan fingerprint density at radius 2 is 1.87 bits per heavy atom. The normalized spacial score (nSPS) is 13.0. The van der Waals surface area contributed by atoms with Crippen molar-refractivity contribution in [1.29, 1.82) is 0 Å². The summed E-state index contributed by atoms with van der Waals surface area (Å²) in [5.41, 5.74) is 0.812. The Kier molecular flexibility index (Phi) is 5.40. The molecule has 5 nitrogen and oxygen atoms in total. The molecule has 9 heteroatoms. The van der Waals surface area contributed by atoms with Gasteiger partial charge >= 0.3 is 6.18 Å². The van der Waals surface area contributed by atoms with Gasteiger partial charge in [0, 0.05) is 0 Å². The zero-order chi connectivity index (χ0) is 17.0. The Morgan fingerprint density at radius 1 is 1.17 bits per heavy atom. The number of aromatic nitrogens is 2. The van der Waals surface area contributed by atoms with Crippen LogP contribution < -0.4 is 9.47 Å². The van der Waals surface area contributed by atoms with Crippen LogP contribution >= 0.6 is 11.8 Å². The molecule has 0 fully saturated rings. The molecule has 1 aromatic carbocycles. The topological polar surface area (TPSA) is 57.4 Å². The highest BCUT2D eigenvalue weighted by Crippen LogP contribution is 2.34. The second-order valence-corrected chi connectivity index (χ2v) is 5.92. The molecule has 126 valence electrons. The maximum Gasteiger partial charge on any atom is 0.400 e. The summed E-state index contributed by atoms with van der Waals surface area (Å²) in [5.74, 6) is 1.36. The standard InChI is InChI=1S/C14H15F3N2O3S/c1-8(14(15,16)17)23-13-19-18-12(22-13)7-9-4-5-10(20-2)11(6-9)21-3/h4-6,8H,7H2,1-3H3. The van der Waals surface area contributed by atoms with Crippen molar-refractivity contribution in [3.8, 4) is 11.5 Å². The molecule has 1 heterocycles. The summed E-state index contributed by atoms with van der Waals surface area (Å²) in [6.45, 7) is 1.04. The van der Waals surface area contributed by atoms with E-state index in [1.165, 1.54) is 14.2 Å². The first kappa shape index (κ1) is 17.5. The van der Waals surface area contributed by atoms with Crippen LogP contribution in [0.1, 0.15) is 18.4 Å². The minimum atomic E-state index is -4.32. The lowest BCUT2D eigenvalue weighted by atomic mass is 10.1. The van der Waals surface area contributed by atoms with E-state index in [2.05, 4.69) is 10.2 Å². The van der Waals surface area contributed by atoms with Crippen molar-refractivity contribution in [3.63, 3.8) is 0 Å². The van der Waals surface area contributed by atoms with Gasteiger partial charge in [0.25, 0.3) is 5.22 Å². The number of hydrogen-bond acceptors (Lipinski definition) is 6. The van der Waals surface area contributed by atoms with Crippen LogP contribution in [0.5, 0.6) is 11.5 Å². The summed E-state index contributed by atoms with van der Waals surface area (Å²) in [6.07, 6.45) is -4.03. The molecule has 1 unspecified atom stereocenters. The first-order valence-corrected chi connectivity index (χ1v) is 7.48. The van der Waals surface area contributed by atoms with E-state index in [4.69, 9.17) is 13.9 Å². The third kappa shape index (κ3) is 4.54. The molecule has 0 bridgehead atoms. The van der Waals surface area contributed by atoms with Crippen LogP contribution in [0.2, 0.25) is 0 Å². The van der Waals surface area contributed by atoms with Gasteiger partial charge in [-0.2, -0.15) is 13.2 Å². The van der Waals surface area contributed by atoms with Gasteiger partial charge in [0.1, 0.15) is 5.25 Å². The van der Waals surface area contributed by atoms with Crippen molar-refractivity contribution >= 4 is 11.8 Å². The summed E-state index contributed by atoms with van der Waals surface area (Å²) in [7, 11) is 3.04. The highest BCUT2D eigenvalue weighted by Gasteiger charge is 2.38. The molecule has 23 heavy (non-hydrogen) atoms. The molecule has 0 aliphatic heterocycles. The Balaban J connectivity index is 2.07. The summed E-state index contributed by atoms with van der Waals surface area (Å²) < 4.78 is 53.1. The number of alkyl halides is 3. The monoisotopic (exact) mass is 348 g/mol. The average molecular weight is 348 g/mol. The van der Waals surface area contributed by atoms with Gasteiger partial charge < -0.3 is 13.9 Å². The number of halogens is 3. The first-order valence-electron chi connectivity index (χ1n) is 6.60. The number of benzene rings is 1. The van der Waals surface area contributed by atoms with Crippen molar-refractivity contribution in [2.24, 2.45) is 0 Å². The van der Waals surface area contributed by atoms with Crippen LogP contribution in [0.4, 0.5) is 13.2 Å². The van der Waals surface area contributed by atoms with E-state index in [1.54, 1.807) is 18.2 Å². The van der Waals surface area contributed by atoms with Crippen molar-refractivity contribution in [3.05, 3.63) is 29.7 Å². The minimum Gasteiger partial charge on any atom is -0.493 e. The van der Waals surface area contributed by atoms with E-state index in [9.17, 15) is 13.2 Å². The molecular weight excluding hydrogens is 333 g/mol. The van der Waals surface area contributed by atoms with E-state index in [0.717, 1.165) is 12.5 Å². The van der Waals surface area contributed by atoms with Crippen molar-refractivity contribution in [2.75, 3.05) is 14.2 Å². The fourth-order valence-electron chi connectivity index (χ4n) is 1.74. The number of thioether (sulfide) groups is 1. The molecular formula is C14H15F3N2O3S. The average Bonchev–Trinajstić information content (AvgIpc) is 2.93. The second kappa shape index (κ2) is 7.12. The number of hydrogen-bond donors (Lipinski definition) is 0. The first-order chi connectivity index (χ1) is 10.8. The van der Waals surface area contributed by atoms with E-state index in [0.29, 0.717) is 23.3 Å². The molecule has 1 atom stereocenters. The zero-order valence-electron chi connectivity index (χ0n) is 12.7. The number of methoxy groups -OCH3 is 2. The summed E-state index contributed by atoms with van der Waals surface area (Å²) in [5, 5.41) is 5.68. The fourth-order valence-corrected chi connectivity index (χ4v) is 2.41. The number of rotatable bonds is 6. The van der Waals surface area contributed by atoms with E-state index < -0.39 is 11.4 Å². The highest BCUT2D eigenvalue weighted by molar-refractivity contribution is 7.99. The molecule has 0 radical (unpaired) electrons. The molecule has 2 rings (SSSR count). The van der Waals surface area contributed by atoms with Crippen LogP contribution in [0.3, 0.4) is 0 Å². The Morgan fingerprint density at radius 3 is 2.48 bits per heavy atom. The smallest absolute Gasteiger partial charge is 0.400 e. The predicted octanol–water partition coefficient (Wildman–Crippen LogP) is 3.72. The van der Waals surface area contributed by atoms with Gasteiger partial charge in [0.15, 0.2) is 11.5 Å². The van der Waals surface area contributed by atoms with E-state index >= 15 is 0 Å². The quantitative estimate of drug-likeness (QED) is 0.742. The Labute approximate surface area is 135 Å². The molecule has 0 aliphatic rings. The van der Waals surface area contributed by atoms with Gasteiger partial charge in [-0.05, 0) is 24.6 Å². The molecule has 0 saturated carbocycles. The maximum atomic E-state index is 12.5. The third-order valence-corrected chi connectivity index (χ3v) is 3.98. The lowest BCUT2D eigenvalue weighted by Crippen LogP contribution is -2.21. The SMILES string of the molecule is COc1ccc(Cc2nnc(SC(C)C(F)(F)F)o2)cc1OC. The zero-order valence-corrected chi connectivity index (χ0v) is 13.5. The van der Waals surface area contributed by atoms with Gasteiger partial charge in [-0.15, -0.1) is 10.2 Å². The predicted molar refractivity (Wildman–Crippen MR) is 78.0 cm³/mol. The van der Waals surface area contributed by atoms with Crippen LogP contribution in [-0.2, 0) is 6.42 Å². The fraction of sp³-hybridized carbons (Fsp3) is 0.429. The number of ether oxygens (including phenoxy) is 2. The summed E-state index contributed by atoms with van der Waals surface area (Å²) in [4.78, 5) is 0.